The molecule has 3 heterocycles. The van der Waals surface area contributed by atoms with Gasteiger partial charge in [-0.1, -0.05) is 13.8 Å². The fourth-order valence-electron chi connectivity index (χ4n) is 3.32. The number of nitrogens with zero attached hydrogens (tertiary/aromatic N) is 4. The largest absolute Gasteiger partial charge is 0.433 e. The van der Waals surface area contributed by atoms with Gasteiger partial charge in [0.2, 0.25) is 5.91 Å². The van der Waals surface area contributed by atoms with Gasteiger partial charge in [0.25, 0.3) is 0 Å². The lowest BCUT2D eigenvalue weighted by Gasteiger charge is -2.23. The van der Waals surface area contributed by atoms with Crippen molar-refractivity contribution in [2.45, 2.75) is 58.2 Å². The van der Waals surface area contributed by atoms with E-state index in [1.54, 1.807) is 17.9 Å². The lowest BCUT2D eigenvalue weighted by molar-refractivity contribution is -0.142. The number of halogens is 3. The van der Waals surface area contributed by atoms with E-state index >= 15 is 0 Å². The van der Waals surface area contributed by atoms with Crippen LogP contribution in [0.3, 0.4) is 0 Å². The van der Waals surface area contributed by atoms with Crippen LogP contribution in [0.2, 0.25) is 0 Å². The third kappa shape index (κ3) is 3.34. The molecule has 1 amide bonds. The molecule has 0 unspecified atom stereocenters. The fraction of sp³-hybridized carbons (Fsp3) is 0.588. The number of fused-ring (bicyclic) bond motifs is 1. The van der Waals surface area contributed by atoms with Crippen LogP contribution in [0, 0.1) is 0 Å². The second-order valence-electron chi connectivity index (χ2n) is 6.32. The number of carbonyl (C=O) groups excluding carboxylic acids is 1. The second kappa shape index (κ2) is 6.65. The molecule has 25 heavy (non-hydrogen) atoms. The van der Waals surface area contributed by atoms with Gasteiger partial charge in [0.15, 0.2) is 5.65 Å². The summed E-state index contributed by atoms with van der Waals surface area (Å²) in [6.45, 7) is 4.31. The normalized spacial score (nSPS) is 18.3. The highest BCUT2D eigenvalue weighted by molar-refractivity contribution is 5.77. The van der Waals surface area contributed by atoms with E-state index in [4.69, 9.17) is 0 Å². The molecule has 1 fully saturated rings. The minimum Gasteiger partial charge on any atom is -0.334 e. The minimum atomic E-state index is -4.51. The van der Waals surface area contributed by atoms with Crippen molar-refractivity contribution < 1.29 is 18.0 Å². The molecule has 0 bridgehead atoms. The Morgan fingerprint density at radius 3 is 2.72 bits per heavy atom. The van der Waals surface area contributed by atoms with Crippen molar-refractivity contribution >= 4 is 11.6 Å². The molecule has 0 aromatic carbocycles. The van der Waals surface area contributed by atoms with E-state index < -0.39 is 11.9 Å². The van der Waals surface area contributed by atoms with E-state index in [1.807, 2.05) is 6.92 Å². The smallest absolute Gasteiger partial charge is 0.334 e. The molecular weight excluding hydrogens is 333 g/mol. The lowest BCUT2D eigenvalue weighted by Crippen LogP contribution is -2.30. The SMILES string of the molecule is CCCC(=O)N1CCC[C@H]1c1cc2nc(CC)cc(C(F)(F)F)n2n1. The molecule has 1 aliphatic rings. The quantitative estimate of drug-likeness (QED) is 0.840. The number of aromatic nitrogens is 3. The molecule has 0 radical (unpaired) electrons. The van der Waals surface area contributed by atoms with Crippen molar-refractivity contribution in [2.75, 3.05) is 6.54 Å². The zero-order valence-corrected chi connectivity index (χ0v) is 14.3. The Balaban J connectivity index is 2.05. The second-order valence-corrected chi connectivity index (χ2v) is 6.32. The molecule has 1 saturated heterocycles. The van der Waals surface area contributed by atoms with Gasteiger partial charge in [-0.25, -0.2) is 9.50 Å². The van der Waals surface area contributed by atoms with E-state index in [2.05, 4.69) is 10.1 Å². The standard InChI is InChI=1S/C17H21F3N4O/c1-3-6-16(25)23-8-5-7-13(23)12-10-15-21-11(4-2)9-14(17(18,19)20)24(15)22-12/h9-10,13H,3-8H2,1-2H3/t13-/m0/s1. The van der Waals surface area contributed by atoms with Crippen LogP contribution in [-0.4, -0.2) is 31.9 Å². The summed E-state index contributed by atoms with van der Waals surface area (Å²) in [7, 11) is 0. The van der Waals surface area contributed by atoms with Gasteiger partial charge >= 0.3 is 6.18 Å². The van der Waals surface area contributed by atoms with E-state index in [0.717, 1.165) is 23.4 Å². The molecule has 136 valence electrons. The summed E-state index contributed by atoms with van der Waals surface area (Å²) in [4.78, 5) is 18.3. The predicted molar refractivity (Wildman–Crippen MR) is 86.0 cm³/mol. The van der Waals surface area contributed by atoms with Gasteiger partial charge in [0.1, 0.15) is 5.69 Å². The summed E-state index contributed by atoms with van der Waals surface area (Å²) >= 11 is 0. The first kappa shape index (κ1) is 17.7. The van der Waals surface area contributed by atoms with Gasteiger partial charge in [0.05, 0.1) is 11.7 Å². The van der Waals surface area contributed by atoms with E-state index in [9.17, 15) is 18.0 Å². The maximum Gasteiger partial charge on any atom is 0.433 e. The van der Waals surface area contributed by atoms with Crippen LogP contribution in [-0.2, 0) is 17.4 Å². The minimum absolute atomic E-state index is 0.0281. The van der Waals surface area contributed by atoms with Gasteiger partial charge in [-0.3, -0.25) is 4.79 Å². The van der Waals surface area contributed by atoms with Crippen LogP contribution < -0.4 is 0 Å². The van der Waals surface area contributed by atoms with Crippen LogP contribution in [0.5, 0.6) is 0 Å². The van der Waals surface area contributed by atoms with Gasteiger partial charge in [-0.15, -0.1) is 0 Å². The van der Waals surface area contributed by atoms with Crippen LogP contribution in [0.4, 0.5) is 13.2 Å². The number of carbonyl (C=O) groups is 1. The topological polar surface area (TPSA) is 50.5 Å². The summed E-state index contributed by atoms with van der Waals surface area (Å²) in [5, 5.41) is 4.17. The molecular formula is C17H21F3N4O. The molecule has 8 heteroatoms. The van der Waals surface area contributed by atoms with E-state index in [1.165, 1.54) is 0 Å². The Labute approximate surface area is 143 Å². The summed E-state index contributed by atoms with van der Waals surface area (Å²) in [6, 6.07) is 2.35. The van der Waals surface area contributed by atoms with Crippen molar-refractivity contribution in [1.82, 2.24) is 19.5 Å². The Hall–Kier alpha value is -2.12. The van der Waals surface area contributed by atoms with Crippen molar-refractivity contribution in [1.29, 1.82) is 0 Å². The highest BCUT2D eigenvalue weighted by Crippen LogP contribution is 2.34. The van der Waals surface area contributed by atoms with Gasteiger partial charge in [0, 0.05) is 24.7 Å². The Kier molecular flexibility index (Phi) is 4.71. The summed E-state index contributed by atoms with van der Waals surface area (Å²) in [6.07, 6.45) is -1.38. The van der Waals surface area contributed by atoms with Crippen LogP contribution >= 0.6 is 0 Å². The third-order valence-electron chi connectivity index (χ3n) is 4.53. The summed E-state index contributed by atoms with van der Waals surface area (Å²) < 4.78 is 41.0. The first-order chi connectivity index (χ1) is 11.8. The molecule has 2 aromatic rings. The molecule has 2 aromatic heterocycles. The number of hydrogen-bond donors (Lipinski definition) is 0. The first-order valence-electron chi connectivity index (χ1n) is 8.61. The maximum atomic E-state index is 13.4. The van der Waals surface area contributed by atoms with Gasteiger partial charge in [-0.2, -0.15) is 18.3 Å². The van der Waals surface area contributed by atoms with E-state index in [-0.39, 0.29) is 17.6 Å². The zero-order chi connectivity index (χ0) is 18.2. The molecule has 1 aliphatic heterocycles. The van der Waals surface area contributed by atoms with Gasteiger partial charge in [-0.05, 0) is 31.7 Å². The molecule has 0 N–H and O–H groups in total. The Morgan fingerprint density at radius 1 is 1.32 bits per heavy atom. The Bertz CT molecular complexity index is 784. The average molecular weight is 354 g/mol. The summed E-state index contributed by atoms with van der Waals surface area (Å²) in [5.41, 5.74) is 0.200. The molecule has 3 rings (SSSR count). The molecule has 0 saturated carbocycles. The summed E-state index contributed by atoms with van der Waals surface area (Å²) in [5.74, 6) is 0.0281. The number of rotatable bonds is 4. The van der Waals surface area contributed by atoms with E-state index in [0.29, 0.717) is 37.2 Å². The first-order valence-corrected chi connectivity index (χ1v) is 8.61. The predicted octanol–water partition coefficient (Wildman–Crippen LogP) is 3.77. The van der Waals surface area contributed by atoms with Crippen LogP contribution in [0.1, 0.15) is 62.7 Å². The number of alkyl halides is 3. The van der Waals surface area contributed by atoms with Crippen LogP contribution in [0.15, 0.2) is 12.1 Å². The molecule has 0 aliphatic carbocycles. The fourth-order valence-corrected chi connectivity index (χ4v) is 3.32. The zero-order valence-electron chi connectivity index (χ0n) is 14.3. The van der Waals surface area contributed by atoms with Crippen molar-refractivity contribution in [3.05, 3.63) is 29.2 Å². The number of aryl methyl sites for hydroxylation is 1. The maximum absolute atomic E-state index is 13.4. The number of likely N-dealkylation sites (tertiary alicyclic amines) is 1. The molecule has 5 nitrogen and oxygen atoms in total. The van der Waals surface area contributed by atoms with Crippen molar-refractivity contribution in [3.63, 3.8) is 0 Å². The third-order valence-corrected chi connectivity index (χ3v) is 4.53. The molecule has 0 spiro atoms. The monoisotopic (exact) mass is 354 g/mol. The highest BCUT2D eigenvalue weighted by Gasteiger charge is 2.36. The van der Waals surface area contributed by atoms with Crippen molar-refractivity contribution in [2.24, 2.45) is 0 Å². The number of amides is 1. The van der Waals surface area contributed by atoms with Crippen LogP contribution in [0.25, 0.3) is 5.65 Å². The van der Waals surface area contributed by atoms with Gasteiger partial charge < -0.3 is 4.90 Å². The number of hydrogen-bond acceptors (Lipinski definition) is 3. The Morgan fingerprint density at radius 2 is 2.08 bits per heavy atom. The average Bonchev–Trinajstić information content (AvgIpc) is 3.19. The van der Waals surface area contributed by atoms with Crippen molar-refractivity contribution in [3.8, 4) is 0 Å². The molecule has 1 atom stereocenters. The lowest BCUT2D eigenvalue weighted by atomic mass is 10.1. The highest BCUT2D eigenvalue weighted by atomic mass is 19.4.